The van der Waals surface area contributed by atoms with Crippen molar-refractivity contribution in [3.05, 3.63) is 0 Å². The van der Waals surface area contributed by atoms with E-state index in [1.165, 1.54) is 4.90 Å². The molecule has 1 aliphatic heterocycles. The van der Waals surface area contributed by atoms with Crippen molar-refractivity contribution in [2.24, 2.45) is 0 Å². The second kappa shape index (κ2) is 3.96. The summed E-state index contributed by atoms with van der Waals surface area (Å²) in [6.45, 7) is 0.343. The molecule has 2 amide bonds. The van der Waals surface area contributed by atoms with Crippen LogP contribution < -0.4 is 5.09 Å². The Morgan fingerprint density at radius 2 is 2.21 bits per heavy atom. The van der Waals surface area contributed by atoms with Crippen molar-refractivity contribution in [1.29, 1.82) is 5.26 Å². The molecular formula is C6H10N3O4P. The van der Waals surface area contributed by atoms with Gasteiger partial charge in [0.25, 0.3) is 0 Å². The summed E-state index contributed by atoms with van der Waals surface area (Å²) in [6.07, 6.45) is 0. The van der Waals surface area contributed by atoms with Crippen molar-refractivity contribution in [2.75, 3.05) is 20.8 Å². The topological polar surface area (TPSA) is 91.4 Å². The molecule has 0 spiro atoms. The number of nitrogens with one attached hydrogen (secondary N) is 1. The van der Waals surface area contributed by atoms with Crippen LogP contribution in [0.5, 0.6) is 0 Å². The Morgan fingerprint density at radius 1 is 1.64 bits per heavy atom. The van der Waals surface area contributed by atoms with E-state index >= 15 is 0 Å². The zero-order valence-electron chi connectivity index (χ0n) is 7.76. The van der Waals surface area contributed by atoms with E-state index in [1.807, 2.05) is 6.07 Å². The smallest absolute Gasteiger partial charge is 0.303 e. The zero-order valence-corrected chi connectivity index (χ0v) is 8.65. The van der Waals surface area contributed by atoms with Crippen LogP contribution in [0.25, 0.3) is 0 Å². The maximum absolute atomic E-state index is 11.4. The third kappa shape index (κ3) is 2.23. The molecule has 14 heavy (non-hydrogen) atoms. The first-order valence-electron chi connectivity index (χ1n) is 3.76. The molecule has 1 heterocycles. The van der Waals surface area contributed by atoms with E-state index in [-0.39, 0.29) is 0 Å². The van der Waals surface area contributed by atoms with Gasteiger partial charge in [-0.05, 0) is 0 Å². The molecular weight excluding hydrogens is 209 g/mol. The van der Waals surface area contributed by atoms with Gasteiger partial charge in [0.1, 0.15) is 6.04 Å². The summed E-state index contributed by atoms with van der Waals surface area (Å²) >= 11 is 0. The standard InChI is InChI=1S/C6H10N3O4P/c1-12-14(11,13-2)8-6(10)9-4-5(9)3-7/h5H,4H2,1-2H3,(H,8,10,11). The Hall–Kier alpha value is -1.09. The molecule has 0 radical (unpaired) electrons. The van der Waals surface area contributed by atoms with Crippen LogP contribution in [0.15, 0.2) is 0 Å². The van der Waals surface area contributed by atoms with Crippen molar-refractivity contribution in [1.82, 2.24) is 9.99 Å². The summed E-state index contributed by atoms with van der Waals surface area (Å²) < 4.78 is 20.4. The number of carbonyl (C=O) groups is 1. The summed E-state index contributed by atoms with van der Waals surface area (Å²) in [7, 11) is -1.22. The molecule has 7 nitrogen and oxygen atoms in total. The van der Waals surface area contributed by atoms with Crippen LogP contribution >= 0.6 is 7.75 Å². The zero-order chi connectivity index (χ0) is 10.8. The molecule has 1 N–H and O–H groups in total. The van der Waals surface area contributed by atoms with Gasteiger partial charge in [-0.2, -0.15) is 5.26 Å². The van der Waals surface area contributed by atoms with E-state index in [2.05, 4.69) is 14.1 Å². The van der Waals surface area contributed by atoms with E-state index in [1.54, 1.807) is 0 Å². The number of carbonyl (C=O) groups excluding carboxylic acids is 1. The van der Waals surface area contributed by atoms with Gasteiger partial charge < -0.3 is 4.90 Å². The predicted molar refractivity (Wildman–Crippen MR) is 46.3 cm³/mol. The SMILES string of the molecule is COP(=O)(NC(=O)N1CC1C#N)OC. The minimum absolute atomic E-state index is 0.343. The normalized spacial score (nSPS) is 20.1. The highest BCUT2D eigenvalue weighted by atomic mass is 31.2. The number of hydrogen-bond donors (Lipinski definition) is 1. The molecule has 1 saturated heterocycles. The number of nitriles is 1. The highest BCUT2D eigenvalue weighted by Gasteiger charge is 2.41. The average Bonchev–Trinajstić information content (AvgIpc) is 2.96. The summed E-state index contributed by atoms with van der Waals surface area (Å²) in [5.74, 6) is 0. The molecule has 1 rings (SSSR count). The number of nitrogens with zero attached hydrogens (tertiary/aromatic N) is 2. The fraction of sp³-hybridized carbons (Fsp3) is 0.667. The van der Waals surface area contributed by atoms with E-state index < -0.39 is 19.8 Å². The summed E-state index contributed by atoms with van der Waals surface area (Å²) in [5, 5.41) is 10.5. The molecule has 1 fully saturated rings. The lowest BCUT2D eigenvalue weighted by atomic mass is 10.5. The van der Waals surface area contributed by atoms with Crippen molar-refractivity contribution >= 4 is 13.8 Å². The third-order valence-electron chi connectivity index (χ3n) is 1.74. The van der Waals surface area contributed by atoms with Crippen LogP contribution in [0.1, 0.15) is 0 Å². The quantitative estimate of drug-likeness (QED) is 0.544. The number of rotatable bonds is 3. The summed E-state index contributed by atoms with van der Waals surface area (Å²) in [6, 6.07) is 0.831. The van der Waals surface area contributed by atoms with Gasteiger partial charge in [-0.3, -0.25) is 9.05 Å². The van der Waals surface area contributed by atoms with Gasteiger partial charge in [0, 0.05) is 14.2 Å². The molecule has 8 heteroatoms. The molecule has 78 valence electrons. The first kappa shape index (κ1) is 11.0. The van der Waals surface area contributed by atoms with Crippen LogP contribution in [-0.2, 0) is 13.6 Å². The first-order valence-corrected chi connectivity index (χ1v) is 5.30. The molecule has 0 aliphatic carbocycles. The van der Waals surface area contributed by atoms with E-state index in [4.69, 9.17) is 5.26 Å². The Bertz CT molecular complexity index is 318. The summed E-state index contributed by atoms with van der Waals surface area (Å²) in [5.41, 5.74) is 0. The van der Waals surface area contributed by atoms with Gasteiger partial charge in [-0.15, -0.1) is 0 Å². The number of hydrogen-bond acceptors (Lipinski definition) is 5. The minimum Gasteiger partial charge on any atom is -0.303 e. The molecule has 0 aromatic carbocycles. The van der Waals surface area contributed by atoms with E-state index in [9.17, 15) is 9.36 Å². The predicted octanol–water partition coefficient (Wildman–Crippen LogP) is 0.305. The number of urea groups is 1. The first-order chi connectivity index (χ1) is 6.56. The Labute approximate surface area is 81.2 Å². The van der Waals surface area contributed by atoms with Crippen LogP contribution in [-0.4, -0.2) is 37.7 Å². The second-order valence-electron chi connectivity index (χ2n) is 2.58. The van der Waals surface area contributed by atoms with Crippen LogP contribution in [0.2, 0.25) is 0 Å². The largest absolute Gasteiger partial charge is 0.435 e. The average molecular weight is 219 g/mol. The van der Waals surface area contributed by atoms with Gasteiger partial charge in [0.15, 0.2) is 0 Å². The fourth-order valence-corrected chi connectivity index (χ4v) is 1.52. The van der Waals surface area contributed by atoms with Crippen LogP contribution in [0.3, 0.4) is 0 Å². The van der Waals surface area contributed by atoms with Gasteiger partial charge in [-0.1, -0.05) is 0 Å². The molecule has 1 aliphatic rings. The van der Waals surface area contributed by atoms with Crippen molar-refractivity contribution in [3.63, 3.8) is 0 Å². The van der Waals surface area contributed by atoms with Gasteiger partial charge in [0.2, 0.25) is 0 Å². The lowest BCUT2D eigenvalue weighted by Gasteiger charge is -2.14. The Morgan fingerprint density at radius 3 is 2.57 bits per heavy atom. The maximum atomic E-state index is 11.4. The van der Waals surface area contributed by atoms with Crippen molar-refractivity contribution in [2.45, 2.75) is 6.04 Å². The van der Waals surface area contributed by atoms with E-state index in [0.717, 1.165) is 14.2 Å². The molecule has 0 bridgehead atoms. The number of amides is 2. The van der Waals surface area contributed by atoms with Crippen LogP contribution in [0.4, 0.5) is 4.79 Å². The highest BCUT2D eigenvalue weighted by molar-refractivity contribution is 7.52. The Balaban J connectivity index is 2.50. The van der Waals surface area contributed by atoms with Gasteiger partial charge in [-0.25, -0.2) is 14.4 Å². The Kier molecular flexibility index (Phi) is 3.11. The fourth-order valence-electron chi connectivity index (χ4n) is 0.821. The molecule has 0 aromatic rings. The third-order valence-corrected chi connectivity index (χ3v) is 3.16. The lowest BCUT2D eigenvalue weighted by Crippen LogP contribution is -2.27. The van der Waals surface area contributed by atoms with Crippen LogP contribution in [0, 0.1) is 11.3 Å². The second-order valence-corrected chi connectivity index (χ2v) is 4.53. The lowest BCUT2D eigenvalue weighted by molar-refractivity contribution is 0.223. The van der Waals surface area contributed by atoms with E-state index in [0.29, 0.717) is 6.54 Å². The molecule has 1 atom stereocenters. The highest BCUT2D eigenvalue weighted by Crippen LogP contribution is 2.42. The van der Waals surface area contributed by atoms with Gasteiger partial charge in [0.05, 0.1) is 12.6 Å². The minimum atomic E-state index is -3.54. The monoisotopic (exact) mass is 219 g/mol. The van der Waals surface area contributed by atoms with Crippen molar-refractivity contribution < 1.29 is 18.4 Å². The summed E-state index contributed by atoms with van der Waals surface area (Å²) in [4.78, 5) is 12.5. The molecule has 1 unspecified atom stereocenters. The van der Waals surface area contributed by atoms with Crippen molar-refractivity contribution in [3.8, 4) is 6.07 Å². The molecule has 0 aromatic heterocycles. The van der Waals surface area contributed by atoms with Gasteiger partial charge >= 0.3 is 13.8 Å². The molecule has 0 saturated carbocycles. The maximum Gasteiger partial charge on any atom is 0.435 e.